The van der Waals surface area contributed by atoms with Crippen molar-refractivity contribution in [2.75, 3.05) is 19.4 Å². The van der Waals surface area contributed by atoms with Gasteiger partial charge >= 0.3 is 0 Å². The SMILES string of the molecule is COc1ccc(C(C)NCC2CCCCS2)cc1F. The van der Waals surface area contributed by atoms with Crippen LogP contribution in [-0.2, 0) is 0 Å². The molecule has 0 bridgehead atoms. The highest BCUT2D eigenvalue weighted by atomic mass is 32.2. The van der Waals surface area contributed by atoms with E-state index < -0.39 is 0 Å². The van der Waals surface area contributed by atoms with Crippen molar-refractivity contribution < 1.29 is 9.13 Å². The second-order valence-electron chi connectivity index (χ2n) is 5.01. The molecule has 1 aliphatic heterocycles. The van der Waals surface area contributed by atoms with E-state index in [1.807, 2.05) is 6.07 Å². The first-order valence-electron chi connectivity index (χ1n) is 6.89. The molecular formula is C15H22FNOS. The van der Waals surface area contributed by atoms with Crippen molar-refractivity contribution in [3.8, 4) is 5.75 Å². The number of rotatable bonds is 5. The fourth-order valence-corrected chi connectivity index (χ4v) is 3.60. The molecule has 0 spiro atoms. The number of hydrogen-bond donors (Lipinski definition) is 1. The quantitative estimate of drug-likeness (QED) is 0.889. The van der Waals surface area contributed by atoms with Gasteiger partial charge in [0, 0.05) is 17.8 Å². The van der Waals surface area contributed by atoms with E-state index in [2.05, 4.69) is 24.0 Å². The number of hydrogen-bond acceptors (Lipinski definition) is 3. The number of thioether (sulfide) groups is 1. The first-order valence-corrected chi connectivity index (χ1v) is 7.94. The molecule has 1 heterocycles. The van der Waals surface area contributed by atoms with Crippen LogP contribution in [0.5, 0.6) is 5.75 Å². The van der Waals surface area contributed by atoms with Gasteiger partial charge in [-0.05, 0) is 43.2 Å². The van der Waals surface area contributed by atoms with E-state index in [1.54, 1.807) is 12.1 Å². The van der Waals surface area contributed by atoms with Crippen LogP contribution in [0.4, 0.5) is 4.39 Å². The predicted octanol–water partition coefficient (Wildman–Crippen LogP) is 3.77. The molecule has 1 saturated heterocycles. The van der Waals surface area contributed by atoms with Crippen molar-refractivity contribution in [1.82, 2.24) is 5.32 Å². The molecule has 2 atom stereocenters. The molecule has 1 aromatic rings. The van der Waals surface area contributed by atoms with E-state index in [9.17, 15) is 4.39 Å². The number of halogens is 1. The molecule has 0 amide bonds. The summed E-state index contributed by atoms with van der Waals surface area (Å²) in [5, 5.41) is 4.21. The van der Waals surface area contributed by atoms with Crippen LogP contribution < -0.4 is 10.1 Å². The lowest BCUT2D eigenvalue weighted by atomic mass is 10.1. The van der Waals surface area contributed by atoms with Crippen LogP contribution in [0.25, 0.3) is 0 Å². The fourth-order valence-electron chi connectivity index (χ4n) is 2.35. The summed E-state index contributed by atoms with van der Waals surface area (Å²) in [6.07, 6.45) is 3.98. The summed E-state index contributed by atoms with van der Waals surface area (Å²) in [5.74, 6) is 1.29. The maximum Gasteiger partial charge on any atom is 0.165 e. The average molecular weight is 283 g/mol. The molecule has 0 saturated carbocycles. The van der Waals surface area contributed by atoms with Gasteiger partial charge in [-0.25, -0.2) is 4.39 Å². The van der Waals surface area contributed by atoms with Crippen molar-refractivity contribution in [3.05, 3.63) is 29.6 Å². The van der Waals surface area contributed by atoms with E-state index in [4.69, 9.17) is 4.74 Å². The molecule has 2 nitrogen and oxygen atoms in total. The van der Waals surface area contributed by atoms with Gasteiger partial charge in [0.2, 0.25) is 0 Å². The van der Waals surface area contributed by atoms with Gasteiger partial charge in [-0.3, -0.25) is 0 Å². The second-order valence-corrected chi connectivity index (χ2v) is 6.42. The van der Waals surface area contributed by atoms with Gasteiger partial charge in [0.05, 0.1) is 7.11 Å². The molecular weight excluding hydrogens is 261 g/mol. The second kappa shape index (κ2) is 7.15. The molecule has 0 aliphatic carbocycles. The Morgan fingerprint density at radius 2 is 2.32 bits per heavy atom. The number of methoxy groups -OCH3 is 1. The standard InChI is InChI=1S/C15H22FNOS/c1-11(17-10-13-5-3-4-8-19-13)12-6-7-15(18-2)14(16)9-12/h6-7,9,11,13,17H,3-5,8,10H2,1-2H3. The van der Waals surface area contributed by atoms with Crippen LogP contribution >= 0.6 is 11.8 Å². The Hall–Kier alpha value is -0.740. The lowest BCUT2D eigenvalue weighted by Gasteiger charge is -2.24. The monoisotopic (exact) mass is 283 g/mol. The molecule has 1 N–H and O–H groups in total. The molecule has 2 unspecified atom stereocenters. The zero-order chi connectivity index (χ0) is 13.7. The van der Waals surface area contributed by atoms with Crippen molar-refractivity contribution in [2.45, 2.75) is 37.5 Å². The molecule has 4 heteroatoms. The largest absolute Gasteiger partial charge is 0.494 e. The lowest BCUT2D eigenvalue weighted by molar-refractivity contribution is 0.385. The fraction of sp³-hybridized carbons (Fsp3) is 0.600. The van der Waals surface area contributed by atoms with Crippen molar-refractivity contribution in [2.24, 2.45) is 0 Å². The van der Waals surface area contributed by atoms with Crippen LogP contribution in [0, 0.1) is 5.82 Å². The van der Waals surface area contributed by atoms with Gasteiger partial charge in [-0.15, -0.1) is 0 Å². The number of nitrogens with one attached hydrogen (secondary N) is 1. The summed E-state index contributed by atoms with van der Waals surface area (Å²) in [7, 11) is 1.49. The topological polar surface area (TPSA) is 21.3 Å². The van der Waals surface area contributed by atoms with Gasteiger partial charge in [0.15, 0.2) is 11.6 Å². The highest BCUT2D eigenvalue weighted by Crippen LogP contribution is 2.26. The van der Waals surface area contributed by atoms with Crippen LogP contribution in [-0.4, -0.2) is 24.7 Å². The van der Waals surface area contributed by atoms with Gasteiger partial charge in [0.1, 0.15) is 0 Å². The van der Waals surface area contributed by atoms with E-state index in [0.717, 1.165) is 12.1 Å². The summed E-state index contributed by atoms with van der Waals surface area (Å²) < 4.78 is 18.6. The first-order chi connectivity index (χ1) is 9.20. The molecule has 1 fully saturated rings. The smallest absolute Gasteiger partial charge is 0.165 e. The minimum absolute atomic E-state index is 0.169. The van der Waals surface area contributed by atoms with Crippen LogP contribution in [0.2, 0.25) is 0 Å². The zero-order valence-corrected chi connectivity index (χ0v) is 12.4. The first kappa shape index (κ1) is 14.7. The Morgan fingerprint density at radius 3 is 2.95 bits per heavy atom. The Balaban J connectivity index is 1.88. The summed E-state index contributed by atoms with van der Waals surface area (Å²) in [6.45, 7) is 3.08. The van der Waals surface area contributed by atoms with Crippen LogP contribution in [0.15, 0.2) is 18.2 Å². The Labute approximate surface area is 119 Å². The van der Waals surface area contributed by atoms with Gasteiger partial charge < -0.3 is 10.1 Å². The minimum atomic E-state index is -0.291. The van der Waals surface area contributed by atoms with Gasteiger partial charge in [-0.1, -0.05) is 12.5 Å². The molecule has 1 aromatic carbocycles. The predicted molar refractivity (Wildman–Crippen MR) is 79.5 cm³/mol. The summed E-state index contributed by atoms with van der Waals surface area (Å²) in [5.41, 5.74) is 0.971. The van der Waals surface area contributed by atoms with E-state index in [-0.39, 0.29) is 11.9 Å². The number of benzene rings is 1. The van der Waals surface area contributed by atoms with Gasteiger partial charge in [-0.2, -0.15) is 11.8 Å². The normalized spacial score (nSPS) is 21.1. The van der Waals surface area contributed by atoms with Crippen molar-refractivity contribution in [1.29, 1.82) is 0 Å². The maximum atomic E-state index is 13.6. The third-order valence-electron chi connectivity index (χ3n) is 3.60. The van der Waals surface area contributed by atoms with Gasteiger partial charge in [0.25, 0.3) is 0 Å². The van der Waals surface area contributed by atoms with Crippen LogP contribution in [0.1, 0.15) is 37.8 Å². The highest BCUT2D eigenvalue weighted by Gasteiger charge is 2.15. The van der Waals surface area contributed by atoms with E-state index in [1.165, 1.54) is 32.1 Å². The molecule has 2 rings (SSSR count). The number of ether oxygens (including phenoxy) is 1. The molecule has 106 valence electrons. The van der Waals surface area contributed by atoms with Crippen molar-refractivity contribution in [3.63, 3.8) is 0 Å². The highest BCUT2D eigenvalue weighted by molar-refractivity contribution is 7.99. The Morgan fingerprint density at radius 1 is 1.47 bits per heavy atom. The van der Waals surface area contributed by atoms with Crippen LogP contribution in [0.3, 0.4) is 0 Å². The summed E-state index contributed by atoms with van der Waals surface area (Å²) in [6, 6.07) is 5.35. The molecule has 0 aromatic heterocycles. The van der Waals surface area contributed by atoms with E-state index >= 15 is 0 Å². The maximum absolute atomic E-state index is 13.6. The summed E-state index contributed by atoms with van der Waals surface area (Å²) in [4.78, 5) is 0. The third-order valence-corrected chi connectivity index (χ3v) is 5.00. The molecule has 1 aliphatic rings. The third kappa shape index (κ3) is 4.11. The molecule has 0 radical (unpaired) electrons. The Kier molecular flexibility index (Phi) is 5.52. The Bertz CT molecular complexity index is 407. The minimum Gasteiger partial charge on any atom is -0.494 e. The van der Waals surface area contributed by atoms with E-state index in [0.29, 0.717) is 11.0 Å². The molecule has 19 heavy (non-hydrogen) atoms. The summed E-state index contributed by atoms with van der Waals surface area (Å²) >= 11 is 2.05. The van der Waals surface area contributed by atoms with Crippen molar-refractivity contribution >= 4 is 11.8 Å². The average Bonchev–Trinajstić information content (AvgIpc) is 2.45. The zero-order valence-electron chi connectivity index (χ0n) is 11.6. The lowest BCUT2D eigenvalue weighted by Crippen LogP contribution is -2.29.